The van der Waals surface area contributed by atoms with Crippen LogP contribution in [-0.4, -0.2) is 40.0 Å². The van der Waals surface area contributed by atoms with E-state index in [9.17, 15) is 0 Å². The monoisotopic (exact) mass is 296 g/mol. The molecule has 0 radical (unpaired) electrons. The van der Waals surface area contributed by atoms with E-state index in [-0.39, 0.29) is 6.04 Å². The minimum absolute atomic E-state index is 0.184. The lowest BCUT2D eigenvalue weighted by molar-refractivity contribution is 0.305. The second-order valence-corrected chi connectivity index (χ2v) is 5.71. The Morgan fingerprint density at radius 3 is 2.37 bits per heavy atom. The summed E-state index contributed by atoms with van der Waals surface area (Å²) >= 11 is 7.53. The van der Waals surface area contributed by atoms with Gasteiger partial charge in [0.1, 0.15) is 0 Å². The van der Waals surface area contributed by atoms with Gasteiger partial charge in [-0.1, -0.05) is 23.4 Å². The molecule has 1 atom stereocenters. The number of halogens is 1. The summed E-state index contributed by atoms with van der Waals surface area (Å²) in [5.41, 5.74) is 1.03. The minimum Gasteiger partial charge on any atom is -0.300 e. The van der Waals surface area contributed by atoms with Crippen molar-refractivity contribution in [1.82, 2.24) is 19.7 Å². The third-order valence-electron chi connectivity index (χ3n) is 3.07. The Hall–Kier alpha value is -1.04. The average Bonchev–Trinajstić information content (AvgIpc) is 2.82. The Bertz CT molecular complexity index is 550. The van der Waals surface area contributed by atoms with E-state index in [4.69, 9.17) is 11.6 Å². The predicted octanol–water partition coefficient (Wildman–Crippen LogP) is 3.27. The van der Waals surface area contributed by atoms with Crippen molar-refractivity contribution in [3.8, 4) is 5.69 Å². The molecule has 2 rings (SSSR count). The van der Waals surface area contributed by atoms with Gasteiger partial charge in [0.05, 0.1) is 6.04 Å². The van der Waals surface area contributed by atoms with Crippen molar-refractivity contribution in [2.45, 2.75) is 18.1 Å². The second kappa shape index (κ2) is 5.94. The van der Waals surface area contributed by atoms with E-state index in [2.05, 4.69) is 26.6 Å². The Morgan fingerprint density at radius 2 is 1.84 bits per heavy atom. The number of hydrogen-bond donors (Lipinski definition) is 0. The number of hydrogen-bond acceptors (Lipinski definition) is 4. The minimum atomic E-state index is 0.184. The standard InChI is InChI=1S/C13H17ClN4S/c1-9(17(2)3)12-15-16-13(19-4)18(12)11-7-5-10(14)6-8-11/h5-9H,1-4H3. The molecule has 0 spiro atoms. The molecule has 0 saturated carbocycles. The summed E-state index contributed by atoms with van der Waals surface area (Å²) in [6.07, 6.45) is 2.00. The first-order valence-corrected chi connectivity index (χ1v) is 7.56. The first-order valence-electron chi connectivity index (χ1n) is 5.96. The van der Waals surface area contributed by atoms with Crippen molar-refractivity contribution in [3.05, 3.63) is 35.1 Å². The van der Waals surface area contributed by atoms with Gasteiger partial charge in [0.15, 0.2) is 11.0 Å². The van der Waals surface area contributed by atoms with Gasteiger partial charge in [-0.05, 0) is 51.5 Å². The van der Waals surface area contributed by atoms with Crippen LogP contribution in [0.3, 0.4) is 0 Å². The molecule has 0 aliphatic carbocycles. The number of rotatable bonds is 4. The van der Waals surface area contributed by atoms with Crippen LogP contribution in [0.4, 0.5) is 0 Å². The summed E-state index contributed by atoms with van der Waals surface area (Å²) in [5, 5.41) is 10.2. The topological polar surface area (TPSA) is 34.0 Å². The van der Waals surface area contributed by atoms with Gasteiger partial charge < -0.3 is 0 Å². The molecule has 0 aliphatic heterocycles. The van der Waals surface area contributed by atoms with Crippen molar-refractivity contribution in [2.75, 3.05) is 20.4 Å². The summed E-state index contributed by atoms with van der Waals surface area (Å²) in [5.74, 6) is 0.927. The van der Waals surface area contributed by atoms with Crippen molar-refractivity contribution in [3.63, 3.8) is 0 Å². The van der Waals surface area contributed by atoms with E-state index < -0.39 is 0 Å². The Labute approximate surface area is 122 Å². The third kappa shape index (κ3) is 2.94. The van der Waals surface area contributed by atoms with E-state index in [1.54, 1.807) is 11.8 Å². The molecule has 6 heteroatoms. The fourth-order valence-corrected chi connectivity index (χ4v) is 2.38. The van der Waals surface area contributed by atoms with E-state index in [0.29, 0.717) is 0 Å². The van der Waals surface area contributed by atoms with Gasteiger partial charge in [-0.3, -0.25) is 9.47 Å². The molecule has 102 valence electrons. The molecule has 4 nitrogen and oxygen atoms in total. The summed E-state index contributed by atoms with van der Waals surface area (Å²) in [6, 6.07) is 7.91. The molecule has 1 heterocycles. The first kappa shape index (κ1) is 14.4. The second-order valence-electron chi connectivity index (χ2n) is 4.50. The highest BCUT2D eigenvalue weighted by molar-refractivity contribution is 7.98. The summed E-state index contributed by atoms with van der Waals surface area (Å²) in [4.78, 5) is 2.11. The van der Waals surface area contributed by atoms with Gasteiger partial charge in [-0.15, -0.1) is 10.2 Å². The van der Waals surface area contributed by atoms with E-state index in [1.165, 1.54) is 0 Å². The molecule has 0 amide bonds. The summed E-state index contributed by atoms with van der Waals surface area (Å²) < 4.78 is 2.08. The number of aromatic nitrogens is 3. The maximum absolute atomic E-state index is 5.95. The largest absolute Gasteiger partial charge is 0.300 e. The van der Waals surface area contributed by atoms with Crippen molar-refractivity contribution < 1.29 is 0 Å². The van der Waals surface area contributed by atoms with E-state index in [1.807, 2.05) is 44.6 Å². The molecule has 2 aromatic rings. The quantitative estimate of drug-likeness (QED) is 0.811. The zero-order valence-electron chi connectivity index (χ0n) is 11.5. The highest BCUT2D eigenvalue weighted by atomic mass is 35.5. The molecular weight excluding hydrogens is 280 g/mol. The molecule has 0 aliphatic rings. The van der Waals surface area contributed by atoms with Crippen LogP contribution in [0.2, 0.25) is 5.02 Å². The number of thioether (sulfide) groups is 1. The van der Waals surface area contributed by atoms with Gasteiger partial charge in [0.25, 0.3) is 0 Å². The molecule has 1 unspecified atom stereocenters. The molecule has 0 fully saturated rings. The van der Waals surface area contributed by atoms with Crippen LogP contribution in [0.25, 0.3) is 5.69 Å². The van der Waals surface area contributed by atoms with Gasteiger partial charge >= 0.3 is 0 Å². The van der Waals surface area contributed by atoms with E-state index in [0.717, 1.165) is 21.7 Å². The lowest BCUT2D eigenvalue weighted by Crippen LogP contribution is -2.20. The number of nitrogens with zero attached hydrogens (tertiary/aromatic N) is 4. The Kier molecular flexibility index (Phi) is 4.50. The van der Waals surface area contributed by atoms with Crippen molar-refractivity contribution >= 4 is 23.4 Å². The van der Waals surface area contributed by atoms with Crippen LogP contribution in [-0.2, 0) is 0 Å². The van der Waals surface area contributed by atoms with Gasteiger partial charge in [0, 0.05) is 10.7 Å². The van der Waals surface area contributed by atoms with Crippen LogP contribution < -0.4 is 0 Å². The molecule has 0 N–H and O–H groups in total. The fraction of sp³-hybridized carbons (Fsp3) is 0.385. The van der Waals surface area contributed by atoms with E-state index >= 15 is 0 Å². The third-order valence-corrected chi connectivity index (χ3v) is 3.96. The highest BCUT2D eigenvalue weighted by Gasteiger charge is 2.19. The van der Waals surface area contributed by atoms with Gasteiger partial charge in [-0.2, -0.15) is 0 Å². The van der Waals surface area contributed by atoms with Crippen molar-refractivity contribution in [2.24, 2.45) is 0 Å². The van der Waals surface area contributed by atoms with Crippen LogP contribution in [0.5, 0.6) is 0 Å². The predicted molar refractivity (Wildman–Crippen MR) is 80.3 cm³/mol. The average molecular weight is 297 g/mol. The zero-order valence-corrected chi connectivity index (χ0v) is 13.0. The fourth-order valence-electron chi connectivity index (χ4n) is 1.75. The Morgan fingerprint density at radius 1 is 1.21 bits per heavy atom. The first-order chi connectivity index (χ1) is 9.04. The lowest BCUT2D eigenvalue weighted by atomic mass is 10.2. The summed E-state index contributed by atoms with van der Waals surface area (Å²) in [7, 11) is 4.06. The maximum atomic E-state index is 5.95. The van der Waals surface area contributed by atoms with Gasteiger partial charge in [0.2, 0.25) is 0 Å². The van der Waals surface area contributed by atoms with Crippen LogP contribution in [0.1, 0.15) is 18.8 Å². The molecule has 19 heavy (non-hydrogen) atoms. The van der Waals surface area contributed by atoms with Crippen LogP contribution in [0.15, 0.2) is 29.4 Å². The van der Waals surface area contributed by atoms with Crippen LogP contribution in [0, 0.1) is 0 Å². The molecule has 1 aromatic heterocycles. The highest BCUT2D eigenvalue weighted by Crippen LogP contribution is 2.26. The van der Waals surface area contributed by atoms with Gasteiger partial charge in [-0.25, -0.2) is 0 Å². The SMILES string of the molecule is CSc1nnc(C(C)N(C)C)n1-c1ccc(Cl)cc1. The molecule has 0 bridgehead atoms. The summed E-state index contributed by atoms with van der Waals surface area (Å²) in [6.45, 7) is 2.11. The molecule has 0 saturated heterocycles. The van der Waals surface area contributed by atoms with Crippen LogP contribution >= 0.6 is 23.4 Å². The lowest BCUT2D eigenvalue weighted by Gasteiger charge is -2.20. The molecular formula is C13H17ClN4S. The zero-order chi connectivity index (χ0) is 14.0. The van der Waals surface area contributed by atoms with Crippen molar-refractivity contribution in [1.29, 1.82) is 0 Å². The number of benzene rings is 1. The molecule has 1 aromatic carbocycles. The maximum Gasteiger partial charge on any atom is 0.195 e. The Balaban J connectivity index is 2.53. The normalized spacial score (nSPS) is 12.9. The smallest absolute Gasteiger partial charge is 0.195 e.